The fourth-order valence-corrected chi connectivity index (χ4v) is 1.66. The molecule has 4 N–H and O–H groups in total. The number of aromatic amines is 1. The van der Waals surface area contributed by atoms with Crippen LogP contribution in [-0.2, 0) is 6.54 Å². The van der Waals surface area contributed by atoms with E-state index in [2.05, 4.69) is 25.5 Å². The third-order valence-electron chi connectivity index (χ3n) is 2.83. The molecule has 0 unspecified atom stereocenters. The normalized spacial score (nSPS) is 11.7. The van der Waals surface area contributed by atoms with E-state index in [1.54, 1.807) is 7.11 Å². The molecule has 0 aliphatic heterocycles. The van der Waals surface area contributed by atoms with Gasteiger partial charge in [-0.15, -0.1) is 0 Å². The van der Waals surface area contributed by atoms with Gasteiger partial charge in [0.05, 0.1) is 7.11 Å². The van der Waals surface area contributed by atoms with E-state index in [9.17, 15) is 0 Å². The average molecular weight is 288 g/mol. The molecule has 21 heavy (non-hydrogen) atoms. The van der Waals surface area contributed by atoms with Crippen molar-refractivity contribution in [3.05, 3.63) is 35.9 Å². The van der Waals surface area contributed by atoms with Crippen molar-refractivity contribution in [3.63, 3.8) is 0 Å². The first-order valence-electron chi connectivity index (χ1n) is 6.70. The summed E-state index contributed by atoms with van der Waals surface area (Å²) in [6.07, 6.45) is 0. The fraction of sp³-hybridized carbons (Fsp3) is 0.357. The Kier molecular flexibility index (Phi) is 4.76. The average Bonchev–Trinajstić information content (AvgIpc) is 2.95. The van der Waals surface area contributed by atoms with Crippen LogP contribution in [0.4, 0.5) is 5.69 Å². The molecule has 7 nitrogen and oxygen atoms in total. The van der Waals surface area contributed by atoms with Crippen molar-refractivity contribution < 1.29 is 4.74 Å². The number of ether oxygens (including phenoxy) is 1. The predicted octanol–water partition coefficient (Wildman–Crippen LogP) is 1.86. The number of guanidine groups is 1. The summed E-state index contributed by atoms with van der Waals surface area (Å²) in [6, 6.07) is 7.43. The first-order valence-corrected chi connectivity index (χ1v) is 6.70. The van der Waals surface area contributed by atoms with Crippen LogP contribution in [0.25, 0.3) is 0 Å². The maximum atomic E-state index is 5.84. The zero-order valence-electron chi connectivity index (χ0n) is 12.4. The van der Waals surface area contributed by atoms with Crippen LogP contribution >= 0.6 is 0 Å². The minimum atomic E-state index is 0.286. The first kappa shape index (κ1) is 14.8. The zero-order valence-corrected chi connectivity index (χ0v) is 12.4. The minimum absolute atomic E-state index is 0.286. The summed E-state index contributed by atoms with van der Waals surface area (Å²) in [4.78, 5) is 8.56. The van der Waals surface area contributed by atoms with Gasteiger partial charge in [-0.25, -0.2) is 9.98 Å². The van der Waals surface area contributed by atoms with Crippen molar-refractivity contribution in [1.82, 2.24) is 15.2 Å². The molecule has 1 aromatic carbocycles. The lowest BCUT2D eigenvalue weighted by molar-refractivity contribution is 0.415. The lowest BCUT2D eigenvalue weighted by Crippen LogP contribution is -2.22. The molecular weight excluding hydrogens is 268 g/mol. The second-order valence-electron chi connectivity index (χ2n) is 4.85. The Hall–Kier alpha value is -2.57. The highest BCUT2D eigenvalue weighted by molar-refractivity contribution is 5.92. The van der Waals surface area contributed by atoms with Crippen LogP contribution in [0.2, 0.25) is 0 Å². The Morgan fingerprint density at radius 3 is 2.67 bits per heavy atom. The molecule has 0 saturated heterocycles. The third kappa shape index (κ3) is 4.20. The summed E-state index contributed by atoms with van der Waals surface area (Å²) >= 11 is 0. The number of H-pyrrole nitrogens is 1. The molecular formula is C14H20N6O. The van der Waals surface area contributed by atoms with Crippen molar-refractivity contribution in [2.24, 2.45) is 10.7 Å². The lowest BCUT2D eigenvalue weighted by Gasteiger charge is -2.06. The number of benzene rings is 1. The van der Waals surface area contributed by atoms with Crippen molar-refractivity contribution in [2.45, 2.75) is 26.3 Å². The van der Waals surface area contributed by atoms with E-state index in [4.69, 9.17) is 10.5 Å². The molecule has 0 bridgehead atoms. The summed E-state index contributed by atoms with van der Waals surface area (Å²) in [6.45, 7) is 4.43. The maximum absolute atomic E-state index is 5.84. The number of anilines is 1. The number of aromatic nitrogens is 3. The van der Waals surface area contributed by atoms with Gasteiger partial charge >= 0.3 is 0 Å². The largest absolute Gasteiger partial charge is 0.497 e. The molecule has 0 aliphatic rings. The van der Waals surface area contributed by atoms with Gasteiger partial charge in [-0.3, -0.25) is 5.10 Å². The summed E-state index contributed by atoms with van der Waals surface area (Å²) in [7, 11) is 1.63. The van der Waals surface area contributed by atoms with Crippen molar-refractivity contribution in [2.75, 3.05) is 12.4 Å². The number of nitrogens with two attached hydrogens (primary N) is 1. The van der Waals surface area contributed by atoms with E-state index in [0.717, 1.165) is 17.3 Å². The second kappa shape index (κ2) is 6.74. The molecule has 2 aromatic rings. The maximum Gasteiger partial charge on any atom is 0.193 e. The summed E-state index contributed by atoms with van der Waals surface area (Å²) in [5.41, 5.74) is 6.68. The Morgan fingerprint density at radius 1 is 1.38 bits per heavy atom. The van der Waals surface area contributed by atoms with Crippen molar-refractivity contribution >= 4 is 11.6 Å². The number of aliphatic imine (C=N–C) groups is 1. The van der Waals surface area contributed by atoms with Gasteiger partial charge in [0.1, 0.15) is 18.1 Å². The van der Waals surface area contributed by atoms with Crippen LogP contribution in [-0.4, -0.2) is 28.3 Å². The van der Waals surface area contributed by atoms with Gasteiger partial charge in [0.2, 0.25) is 0 Å². The van der Waals surface area contributed by atoms with Crippen molar-refractivity contribution in [3.8, 4) is 5.75 Å². The lowest BCUT2D eigenvalue weighted by atomic mass is 10.2. The molecule has 0 fully saturated rings. The highest BCUT2D eigenvalue weighted by Gasteiger charge is 2.06. The van der Waals surface area contributed by atoms with Crippen LogP contribution in [0.15, 0.2) is 29.3 Å². The summed E-state index contributed by atoms with van der Waals surface area (Å²) in [5, 5.41) is 9.97. The van der Waals surface area contributed by atoms with Crippen LogP contribution in [0.1, 0.15) is 31.4 Å². The molecule has 0 radical (unpaired) electrons. The van der Waals surface area contributed by atoms with Gasteiger partial charge in [0.25, 0.3) is 0 Å². The van der Waals surface area contributed by atoms with Crippen LogP contribution < -0.4 is 15.8 Å². The molecule has 0 atom stereocenters. The van der Waals surface area contributed by atoms with E-state index >= 15 is 0 Å². The van der Waals surface area contributed by atoms with Gasteiger partial charge < -0.3 is 15.8 Å². The van der Waals surface area contributed by atoms with Gasteiger partial charge in [-0.05, 0) is 24.3 Å². The molecule has 7 heteroatoms. The fourth-order valence-electron chi connectivity index (χ4n) is 1.66. The number of hydrogen-bond donors (Lipinski definition) is 3. The quantitative estimate of drug-likeness (QED) is 0.576. The second-order valence-corrected chi connectivity index (χ2v) is 4.85. The highest BCUT2D eigenvalue weighted by Crippen LogP contribution is 2.14. The Morgan fingerprint density at radius 2 is 2.10 bits per heavy atom. The zero-order chi connectivity index (χ0) is 15.2. The number of hydrogen-bond acceptors (Lipinski definition) is 4. The van der Waals surface area contributed by atoms with E-state index in [1.165, 1.54) is 0 Å². The predicted molar refractivity (Wildman–Crippen MR) is 82.4 cm³/mol. The highest BCUT2D eigenvalue weighted by atomic mass is 16.5. The smallest absolute Gasteiger partial charge is 0.193 e. The SMILES string of the molecule is COc1ccc(NC(N)=NCc2nc(C(C)C)n[nH]2)cc1. The molecule has 2 rings (SSSR count). The molecule has 112 valence electrons. The number of nitrogens with zero attached hydrogens (tertiary/aromatic N) is 3. The van der Waals surface area contributed by atoms with E-state index in [0.29, 0.717) is 18.3 Å². The Balaban J connectivity index is 1.93. The third-order valence-corrected chi connectivity index (χ3v) is 2.83. The molecule has 1 aromatic heterocycles. The molecule has 0 amide bonds. The minimum Gasteiger partial charge on any atom is -0.497 e. The number of methoxy groups -OCH3 is 1. The van der Waals surface area contributed by atoms with Gasteiger partial charge in [0, 0.05) is 11.6 Å². The van der Waals surface area contributed by atoms with Gasteiger partial charge in [0.15, 0.2) is 11.8 Å². The van der Waals surface area contributed by atoms with Crippen molar-refractivity contribution in [1.29, 1.82) is 0 Å². The number of rotatable bonds is 5. The van der Waals surface area contributed by atoms with E-state index in [-0.39, 0.29) is 5.92 Å². The standard InChI is InChI=1S/C14H20N6O/c1-9(2)13-18-12(19-20-13)8-16-14(15)17-10-4-6-11(21-3)7-5-10/h4-7,9H,8H2,1-3H3,(H3,15,16,17)(H,18,19,20). The van der Waals surface area contributed by atoms with Crippen LogP contribution in [0.3, 0.4) is 0 Å². The summed E-state index contributed by atoms with van der Waals surface area (Å²) in [5.74, 6) is 2.87. The van der Waals surface area contributed by atoms with Gasteiger partial charge in [-0.2, -0.15) is 5.10 Å². The van der Waals surface area contributed by atoms with Crippen LogP contribution in [0.5, 0.6) is 5.75 Å². The molecule has 0 spiro atoms. The first-order chi connectivity index (χ1) is 10.1. The Bertz CT molecular complexity index is 602. The van der Waals surface area contributed by atoms with E-state index in [1.807, 2.05) is 38.1 Å². The summed E-state index contributed by atoms with van der Waals surface area (Å²) < 4.78 is 5.09. The molecule has 0 aliphatic carbocycles. The topological polar surface area (TPSA) is 101 Å². The number of nitrogens with one attached hydrogen (secondary N) is 2. The molecule has 1 heterocycles. The molecule has 0 saturated carbocycles. The monoisotopic (exact) mass is 288 g/mol. The Labute approximate surface area is 123 Å². The van der Waals surface area contributed by atoms with E-state index < -0.39 is 0 Å². The van der Waals surface area contributed by atoms with Gasteiger partial charge in [-0.1, -0.05) is 13.8 Å². The van der Waals surface area contributed by atoms with Crippen LogP contribution in [0, 0.1) is 0 Å².